The Hall–Kier alpha value is -2.01. The molecular weight excluding hydrogens is 258 g/mol. The van der Waals surface area contributed by atoms with Crippen LogP contribution in [-0.4, -0.2) is 42.4 Å². The zero-order valence-electron chi connectivity index (χ0n) is 11.4. The topological polar surface area (TPSA) is 59.0 Å². The number of hydrogen-bond acceptors (Lipinski definition) is 4. The Kier molecular flexibility index (Phi) is 5.01. The standard InChI is InChI=1S/C15H19NO4/c1-2-7-16(8-9-17)15(18)6-4-12-3-5-13-14(10-12)20-11-19-13/h2-3,5,10,17H,1,4,6-9,11H2. The summed E-state index contributed by atoms with van der Waals surface area (Å²) in [5.74, 6) is 1.48. The van der Waals surface area contributed by atoms with Crippen molar-refractivity contribution in [2.45, 2.75) is 12.8 Å². The second-order valence-electron chi connectivity index (χ2n) is 4.54. The number of rotatable bonds is 7. The first-order chi connectivity index (χ1) is 9.74. The second kappa shape index (κ2) is 6.96. The van der Waals surface area contributed by atoms with Gasteiger partial charge in [-0.15, -0.1) is 6.58 Å². The summed E-state index contributed by atoms with van der Waals surface area (Å²) in [6, 6.07) is 5.70. The quantitative estimate of drug-likeness (QED) is 0.764. The van der Waals surface area contributed by atoms with Crippen molar-refractivity contribution in [2.75, 3.05) is 26.5 Å². The predicted molar refractivity (Wildman–Crippen MR) is 74.7 cm³/mol. The number of aliphatic hydroxyl groups excluding tert-OH is 1. The Balaban J connectivity index is 1.90. The summed E-state index contributed by atoms with van der Waals surface area (Å²) >= 11 is 0. The van der Waals surface area contributed by atoms with Crippen molar-refractivity contribution in [3.05, 3.63) is 36.4 Å². The Bertz CT molecular complexity index is 487. The van der Waals surface area contributed by atoms with Gasteiger partial charge in [0.05, 0.1) is 6.61 Å². The van der Waals surface area contributed by atoms with Crippen molar-refractivity contribution in [3.63, 3.8) is 0 Å². The molecule has 1 aromatic rings. The van der Waals surface area contributed by atoms with Gasteiger partial charge in [-0.25, -0.2) is 0 Å². The van der Waals surface area contributed by atoms with Gasteiger partial charge in [-0.3, -0.25) is 4.79 Å². The van der Waals surface area contributed by atoms with E-state index < -0.39 is 0 Å². The molecule has 0 unspecified atom stereocenters. The van der Waals surface area contributed by atoms with Crippen molar-refractivity contribution in [1.82, 2.24) is 4.90 Å². The number of ether oxygens (including phenoxy) is 2. The van der Waals surface area contributed by atoms with E-state index in [1.54, 1.807) is 11.0 Å². The molecule has 0 aliphatic carbocycles. The van der Waals surface area contributed by atoms with Crippen LogP contribution in [0, 0.1) is 0 Å². The Morgan fingerprint density at radius 2 is 2.20 bits per heavy atom. The van der Waals surface area contributed by atoms with Gasteiger partial charge in [0.2, 0.25) is 12.7 Å². The number of benzene rings is 1. The van der Waals surface area contributed by atoms with Gasteiger partial charge in [0, 0.05) is 19.5 Å². The maximum atomic E-state index is 12.0. The molecule has 1 aliphatic heterocycles. The smallest absolute Gasteiger partial charge is 0.231 e. The molecular formula is C15H19NO4. The molecule has 0 saturated carbocycles. The minimum absolute atomic E-state index is 0.0108. The van der Waals surface area contributed by atoms with Crippen LogP contribution in [0.2, 0.25) is 0 Å². The molecule has 1 aromatic carbocycles. The van der Waals surface area contributed by atoms with Crippen LogP contribution in [0.4, 0.5) is 0 Å². The van der Waals surface area contributed by atoms with Gasteiger partial charge in [-0.1, -0.05) is 12.1 Å². The number of carbonyl (C=O) groups is 1. The summed E-state index contributed by atoms with van der Waals surface area (Å²) in [5.41, 5.74) is 1.03. The number of amides is 1. The lowest BCUT2D eigenvalue weighted by molar-refractivity contribution is -0.131. The van der Waals surface area contributed by atoms with Gasteiger partial charge in [0.25, 0.3) is 0 Å². The molecule has 0 aromatic heterocycles. The van der Waals surface area contributed by atoms with Gasteiger partial charge < -0.3 is 19.5 Å². The number of aryl methyl sites for hydroxylation is 1. The van der Waals surface area contributed by atoms with Gasteiger partial charge in [-0.05, 0) is 24.1 Å². The third-order valence-corrected chi connectivity index (χ3v) is 3.14. The van der Waals surface area contributed by atoms with E-state index >= 15 is 0 Å². The highest BCUT2D eigenvalue weighted by Gasteiger charge is 2.15. The van der Waals surface area contributed by atoms with Crippen LogP contribution in [0.3, 0.4) is 0 Å². The van der Waals surface area contributed by atoms with Gasteiger partial charge in [0.1, 0.15) is 0 Å². The molecule has 1 N–H and O–H groups in total. The van der Waals surface area contributed by atoms with Gasteiger partial charge in [-0.2, -0.15) is 0 Å². The van der Waals surface area contributed by atoms with E-state index in [1.165, 1.54) is 0 Å². The van der Waals surface area contributed by atoms with E-state index in [0.29, 0.717) is 25.9 Å². The fourth-order valence-electron chi connectivity index (χ4n) is 2.10. The Morgan fingerprint density at radius 1 is 1.40 bits per heavy atom. The average Bonchev–Trinajstić information content (AvgIpc) is 2.92. The highest BCUT2D eigenvalue weighted by atomic mass is 16.7. The monoisotopic (exact) mass is 277 g/mol. The number of aliphatic hydroxyl groups is 1. The number of nitrogens with zero attached hydrogens (tertiary/aromatic N) is 1. The van der Waals surface area contributed by atoms with Crippen LogP contribution in [0.5, 0.6) is 11.5 Å². The molecule has 5 heteroatoms. The van der Waals surface area contributed by atoms with Gasteiger partial charge in [0.15, 0.2) is 11.5 Å². The van der Waals surface area contributed by atoms with E-state index in [-0.39, 0.29) is 19.3 Å². The largest absolute Gasteiger partial charge is 0.454 e. The van der Waals surface area contributed by atoms with Crippen LogP contribution >= 0.6 is 0 Å². The molecule has 0 bridgehead atoms. The van der Waals surface area contributed by atoms with Crippen molar-refractivity contribution >= 4 is 5.91 Å². The summed E-state index contributed by atoms with van der Waals surface area (Å²) in [6.07, 6.45) is 2.69. The second-order valence-corrected chi connectivity index (χ2v) is 4.54. The molecule has 0 radical (unpaired) electrons. The average molecular weight is 277 g/mol. The number of hydrogen-bond donors (Lipinski definition) is 1. The molecule has 1 amide bonds. The normalized spacial score (nSPS) is 12.2. The third kappa shape index (κ3) is 3.51. The SMILES string of the molecule is C=CCN(CCO)C(=O)CCc1ccc2c(c1)OCO2. The van der Waals surface area contributed by atoms with Crippen molar-refractivity contribution in [2.24, 2.45) is 0 Å². The lowest BCUT2D eigenvalue weighted by Crippen LogP contribution is -2.33. The molecule has 20 heavy (non-hydrogen) atoms. The highest BCUT2D eigenvalue weighted by Crippen LogP contribution is 2.32. The van der Waals surface area contributed by atoms with Crippen molar-refractivity contribution in [3.8, 4) is 11.5 Å². The zero-order valence-corrected chi connectivity index (χ0v) is 11.4. The van der Waals surface area contributed by atoms with Crippen LogP contribution in [0.15, 0.2) is 30.9 Å². The first-order valence-corrected chi connectivity index (χ1v) is 6.62. The maximum absolute atomic E-state index is 12.0. The minimum atomic E-state index is -0.0381. The summed E-state index contributed by atoms with van der Waals surface area (Å²) in [6.45, 7) is 4.63. The Labute approximate surface area is 118 Å². The molecule has 2 rings (SSSR count). The number of carbonyl (C=O) groups excluding carboxylic acids is 1. The minimum Gasteiger partial charge on any atom is -0.454 e. The van der Waals surface area contributed by atoms with Gasteiger partial charge >= 0.3 is 0 Å². The van der Waals surface area contributed by atoms with E-state index in [4.69, 9.17) is 14.6 Å². The summed E-state index contributed by atoms with van der Waals surface area (Å²) in [4.78, 5) is 13.6. The first kappa shape index (κ1) is 14.4. The molecule has 0 spiro atoms. The molecule has 0 fully saturated rings. The van der Waals surface area contributed by atoms with E-state index in [0.717, 1.165) is 17.1 Å². The zero-order chi connectivity index (χ0) is 14.4. The molecule has 0 saturated heterocycles. The Morgan fingerprint density at radius 3 is 2.95 bits per heavy atom. The van der Waals surface area contributed by atoms with Crippen molar-refractivity contribution in [1.29, 1.82) is 0 Å². The first-order valence-electron chi connectivity index (χ1n) is 6.62. The number of fused-ring (bicyclic) bond motifs is 1. The molecule has 0 atom stereocenters. The van der Waals surface area contributed by atoms with Crippen LogP contribution in [0.1, 0.15) is 12.0 Å². The predicted octanol–water partition coefficient (Wildman–Crippen LogP) is 1.35. The van der Waals surface area contributed by atoms with Crippen LogP contribution < -0.4 is 9.47 Å². The van der Waals surface area contributed by atoms with Crippen molar-refractivity contribution < 1.29 is 19.4 Å². The summed E-state index contributed by atoms with van der Waals surface area (Å²) in [7, 11) is 0. The van der Waals surface area contributed by atoms with E-state index in [2.05, 4.69) is 6.58 Å². The van der Waals surface area contributed by atoms with Crippen LogP contribution in [0.25, 0.3) is 0 Å². The lowest BCUT2D eigenvalue weighted by atomic mass is 10.1. The highest BCUT2D eigenvalue weighted by molar-refractivity contribution is 5.76. The summed E-state index contributed by atoms with van der Waals surface area (Å²) < 4.78 is 10.6. The summed E-state index contributed by atoms with van der Waals surface area (Å²) in [5, 5.41) is 8.94. The fourth-order valence-corrected chi connectivity index (χ4v) is 2.10. The molecule has 1 heterocycles. The molecule has 1 aliphatic rings. The molecule has 108 valence electrons. The van der Waals surface area contributed by atoms with Crippen LogP contribution in [-0.2, 0) is 11.2 Å². The molecule has 5 nitrogen and oxygen atoms in total. The fraction of sp³-hybridized carbons (Fsp3) is 0.400. The maximum Gasteiger partial charge on any atom is 0.231 e. The third-order valence-electron chi connectivity index (χ3n) is 3.14. The van der Waals surface area contributed by atoms with E-state index in [1.807, 2.05) is 18.2 Å². The lowest BCUT2D eigenvalue weighted by Gasteiger charge is -2.19. The van der Waals surface area contributed by atoms with E-state index in [9.17, 15) is 4.79 Å².